The molecule has 25 heavy (non-hydrogen) atoms. The van der Waals surface area contributed by atoms with Crippen LogP contribution in [0.15, 0.2) is 52.9 Å². The number of nitrogens with zero attached hydrogens (tertiary/aromatic N) is 1. The molecule has 4 rings (SSSR count). The smallest absolute Gasteiger partial charge is 0.266 e. The van der Waals surface area contributed by atoms with E-state index >= 15 is 0 Å². The first-order valence-corrected chi connectivity index (χ1v) is 8.63. The molecule has 2 aromatic carbocycles. The summed E-state index contributed by atoms with van der Waals surface area (Å²) in [6.45, 7) is 3.09. The molecule has 1 fully saturated rings. The largest absolute Gasteiger partial charge is 0.429 e. The molecule has 2 heterocycles. The average molecular weight is 354 g/mol. The van der Waals surface area contributed by atoms with Crippen molar-refractivity contribution in [1.82, 2.24) is 9.88 Å². The van der Waals surface area contributed by atoms with Crippen LogP contribution in [0.1, 0.15) is 28.9 Å². The quantitative estimate of drug-likeness (QED) is 0.704. The molecule has 6 heteroatoms. The number of rotatable bonds is 2. The third-order valence-electron chi connectivity index (χ3n) is 4.39. The van der Waals surface area contributed by atoms with Gasteiger partial charge in [-0.15, -0.1) is 0 Å². The summed E-state index contributed by atoms with van der Waals surface area (Å²) in [5, 5.41) is 0. The van der Waals surface area contributed by atoms with Crippen LogP contribution in [-0.2, 0) is 4.74 Å². The van der Waals surface area contributed by atoms with Gasteiger partial charge in [0.2, 0.25) is 0 Å². The van der Waals surface area contributed by atoms with Crippen LogP contribution in [0.5, 0.6) is 0 Å². The number of oxazole rings is 1. The first-order valence-electron chi connectivity index (χ1n) is 8.23. The number of nitrogens with one attached hydrogen (secondary N) is 1. The fourth-order valence-corrected chi connectivity index (χ4v) is 3.43. The van der Waals surface area contributed by atoms with E-state index in [-0.39, 0.29) is 18.1 Å². The number of H-pyrrole nitrogens is 1. The standard InChI is InChI=1S/C19H18N2O3S/c1-12-10-21(11-17(23-12)13-5-3-2-4-6-13)18(22)14-7-8-15-16(9-14)24-19(25)20-15/h2-9,12,17H,10-11H2,1H3,(H,20,25)/t12-,17-/m0/s1. The molecular formula is C19H18N2O3S. The van der Waals surface area contributed by atoms with E-state index < -0.39 is 0 Å². The van der Waals surface area contributed by atoms with E-state index in [2.05, 4.69) is 4.98 Å². The van der Waals surface area contributed by atoms with Gasteiger partial charge in [-0.3, -0.25) is 4.79 Å². The highest BCUT2D eigenvalue weighted by atomic mass is 32.1. The van der Waals surface area contributed by atoms with Gasteiger partial charge >= 0.3 is 0 Å². The number of fused-ring (bicyclic) bond motifs is 1. The van der Waals surface area contributed by atoms with Crippen LogP contribution in [0.25, 0.3) is 11.1 Å². The topological polar surface area (TPSA) is 58.5 Å². The van der Waals surface area contributed by atoms with Crippen molar-refractivity contribution < 1.29 is 13.9 Å². The highest BCUT2D eigenvalue weighted by molar-refractivity contribution is 7.71. The molecule has 1 amide bonds. The van der Waals surface area contributed by atoms with Crippen LogP contribution in [0.4, 0.5) is 0 Å². The van der Waals surface area contributed by atoms with Crippen molar-refractivity contribution in [3.8, 4) is 0 Å². The van der Waals surface area contributed by atoms with E-state index in [1.54, 1.807) is 12.1 Å². The van der Waals surface area contributed by atoms with Crippen LogP contribution in [0.2, 0.25) is 0 Å². The van der Waals surface area contributed by atoms with Crippen LogP contribution < -0.4 is 0 Å². The molecule has 0 bridgehead atoms. The van der Waals surface area contributed by atoms with Crippen molar-refractivity contribution in [3.05, 3.63) is 64.5 Å². The number of hydrogen-bond donors (Lipinski definition) is 1. The predicted octanol–water partition coefficient (Wildman–Crippen LogP) is 4.09. The second-order valence-corrected chi connectivity index (χ2v) is 6.65. The Hall–Kier alpha value is -2.44. The van der Waals surface area contributed by atoms with E-state index in [1.807, 2.05) is 48.2 Å². The molecule has 0 aliphatic carbocycles. The average Bonchev–Trinajstić information content (AvgIpc) is 3.00. The fourth-order valence-electron chi connectivity index (χ4n) is 3.23. The summed E-state index contributed by atoms with van der Waals surface area (Å²) in [4.78, 5) is 18.1. The molecular weight excluding hydrogens is 336 g/mol. The van der Waals surface area contributed by atoms with Gasteiger partial charge in [0, 0.05) is 12.1 Å². The van der Waals surface area contributed by atoms with Gasteiger partial charge in [-0.25, -0.2) is 0 Å². The number of morpholine rings is 1. The van der Waals surface area contributed by atoms with Crippen LogP contribution in [0, 0.1) is 4.84 Å². The Bertz CT molecular complexity index is 963. The van der Waals surface area contributed by atoms with Crippen molar-refractivity contribution in [2.24, 2.45) is 0 Å². The number of benzene rings is 2. The zero-order valence-corrected chi connectivity index (χ0v) is 14.6. The minimum absolute atomic E-state index is 0.0252. The molecule has 0 saturated carbocycles. The van der Waals surface area contributed by atoms with Crippen LogP contribution >= 0.6 is 12.2 Å². The van der Waals surface area contributed by atoms with Gasteiger partial charge in [0.05, 0.1) is 18.2 Å². The summed E-state index contributed by atoms with van der Waals surface area (Å²) in [5.74, 6) is -0.0275. The second kappa shape index (κ2) is 6.46. The number of ether oxygens (including phenoxy) is 1. The molecule has 5 nitrogen and oxygen atoms in total. The van der Waals surface area contributed by atoms with E-state index in [4.69, 9.17) is 21.4 Å². The zero-order chi connectivity index (χ0) is 17.4. The molecule has 0 unspecified atom stereocenters. The molecule has 1 aromatic heterocycles. The number of amides is 1. The van der Waals surface area contributed by atoms with Crippen LogP contribution in [-0.4, -0.2) is 35.0 Å². The highest BCUT2D eigenvalue weighted by Crippen LogP contribution is 2.26. The third kappa shape index (κ3) is 3.23. The zero-order valence-electron chi connectivity index (χ0n) is 13.8. The normalized spacial score (nSPS) is 20.8. The maximum absolute atomic E-state index is 13.0. The maximum atomic E-state index is 13.0. The molecule has 0 radical (unpaired) electrons. The Morgan fingerprint density at radius 3 is 2.80 bits per heavy atom. The summed E-state index contributed by atoms with van der Waals surface area (Å²) in [5.41, 5.74) is 3.06. The summed E-state index contributed by atoms with van der Waals surface area (Å²) in [6.07, 6.45) is -0.142. The molecule has 1 aliphatic rings. The lowest BCUT2D eigenvalue weighted by molar-refractivity contribution is -0.0691. The molecule has 1 N–H and O–H groups in total. The first-order chi connectivity index (χ1) is 12.1. The van der Waals surface area contributed by atoms with Gasteiger partial charge in [0.1, 0.15) is 6.10 Å². The molecule has 1 saturated heterocycles. The maximum Gasteiger partial charge on any atom is 0.266 e. The Morgan fingerprint density at radius 1 is 1.20 bits per heavy atom. The SMILES string of the molecule is C[C@H]1CN(C(=O)c2ccc3[nH]c(=S)oc3c2)C[C@@H](c2ccccc2)O1. The number of aromatic amines is 1. The number of aromatic nitrogens is 1. The van der Waals surface area contributed by atoms with Gasteiger partial charge in [0.25, 0.3) is 10.7 Å². The number of hydrogen-bond acceptors (Lipinski definition) is 4. The third-order valence-corrected chi connectivity index (χ3v) is 4.57. The lowest BCUT2D eigenvalue weighted by atomic mass is 10.1. The van der Waals surface area contributed by atoms with E-state index in [0.29, 0.717) is 29.1 Å². The van der Waals surface area contributed by atoms with Crippen molar-refractivity contribution >= 4 is 29.2 Å². The van der Waals surface area contributed by atoms with Crippen molar-refractivity contribution in [2.45, 2.75) is 19.1 Å². The Kier molecular flexibility index (Phi) is 4.15. The minimum atomic E-state index is -0.117. The molecule has 128 valence electrons. The number of carbonyl (C=O) groups excluding carboxylic acids is 1. The summed E-state index contributed by atoms with van der Waals surface area (Å²) < 4.78 is 11.5. The van der Waals surface area contributed by atoms with Crippen molar-refractivity contribution in [1.29, 1.82) is 0 Å². The first kappa shape index (κ1) is 16.1. The summed E-state index contributed by atoms with van der Waals surface area (Å²) in [6, 6.07) is 15.4. The summed E-state index contributed by atoms with van der Waals surface area (Å²) >= 11 is 5.00. The van der Waals surface area contributed by atoms with E-state index in [1.165, 1.54) is 0 Å². The van der Waals surface area contributed by atoms with Gasteiger partial charge < -0.3 is 19.0 Å². The van der Waals surface area contributed by atoms with Crippen molar-refractivity contribution in [2.75, 3.05) is 13.1 Å². The van der Waals surface area contributed by atoms with Gasteiger partial charge in [-0.05, 0) is 42.9 Å². The van der Waals surface area contributed by atoms with Gasteiger partial charge in [-0.2, -0.15) is 0 Å². The van der Waals surface area contributed by atoms with E-state index in [9.17, 15) is 4.79 Å². The Labute approximate surface area is 150 Å². The van der Waals surface area contributed by atoms with Gasteiger partial charge in [-0.1, -0.05) is 30.3 Å². The monoisotopic (exact) mass is 354 g/mol. The Morgan fingerprint density at radius 2 is 2.00 bits per heavy atom. The van der Waals surface area contributed by atoms with Gasteiger partial charge in [0.15, 0.2) is 5.58 Å². The van der Waals surface area contributed by atoms with E-state index in [0.717, 1.165) is 11.1 Å². The molecule has 2 atom stereocenters. The molecule has 1 aliphatic heterocycles. The second-order valence-electron chi connectivity index (χ2n) is 6.28. The predicted molar refractivity (Wildman–Crippen MR) is 97.0 cm³/mol. The molecule has 3 aromatic rings. The lowest BCUT2D eigenvalue weighted by Crippen LogP contribution is -2.45. The Balaban J connectivity index is 1.60. The highest BCUT2D eigenvalue weighted by Gasteiger charge is 2.30. The fraction of sp³-hybridized carbons (Fsp3) is 0.263. The van der Waals surface area contributed by atoms with Crippen LogP contribution in [0.3, 0.4) is 0 Å². The number of carbonyl (C=O) groups is 1. The minimum Gasteiger partial charge on any atom is -0.429 e. The molecule has 0 spiro atoms. The van der Waals surface area contributed by atoms with Crippen molar-refractivity contribution in [3.63, 3.8) is 0 Å². The lowest BCUT2D eigenvalue weighted by Gasteiger charge is -2.37. The summed E-state index contributed by atoms with van der Waals surface area (Å²) in [7, 11) is 0.